The van der Waals surface area contributed by atoms with Gasteiger partial charge in [-0.25, -0.2) is 9.78 Å². The van der Waals surface area contributed by atoms with E-state index in [-0.39, 0.29) is 6.04 Å². The van der Waals surface area contributed by atoms with E-state index in [9.17, 15) is 4.79 Å². The van der Waals surface area contributed by atoms with E-state index in [1.165, 1.54) is 0 Å². The van der Waals surface area contributed by atoms with Crippen LogP contribution < -0.4 is 15.0 Å². The summed E-state index contributed by atoms with van der Waals surface area (Å²) >= 11 is 12.9. The molecule has 1 aliphatic rings. The number of carbonyl (C=O) groups excluding carboxylic acids is 1. The zero-order chi connectivity index (χ0) is 22.6. The molecule has 0 bridgehead atoms. The average molecular weight is 462 g/mol. The van der Waals surface area contributed by atoms with Crippen LogP contribution in [0.15, 0.2) is 30.5 Å². The summed E-state index contributed by atoms with van der Waals surface area (Å²) in [5.41, 5.74) is 0.147. The lowest BCUT2D eigenvalue weighted by molar-refractivity contribution is 0.0497. The zero-order valence-electron chi connectivity index (χ0n) is 17.7. The number of amides is 1. The molecule has 164 valence electrons. The van der Waals surface area contributed by atoms with Crippen LogP contribution in [0, 0.1) is 12.3 Å². The van der Waals surface area contributed by atoms with Crippen molar-refractivity contribution in [3.63, 3.8) is 0 Å². The summed E-state index contributed by atoms with van der Waals surface area (Å²) in [4.78, 5) is 18.5. The third kappa shape index (κ3) is 6.19. The average Bonchev–Trinajstić information content (AvgIpc) is 2.70. The van der Waals surface area contributed by atoms with Crippen LogP contribution in [-0.2, 0) is 4.74 Å². The summed E-state index contributed by atoms with van der Waals surface area (Å²) in [5.74, 6) is 4.08. The molecule has 1 aromatic heterocycles. The molecule has 1 aliphatic heterocycles. The molecule has 0 unspecified atom stereocenters. The van der Waals surface area contributed by atoms with Crippen molar-refractivity contribution in [2.24, 2.45) is 0 Å². The second-order valence-corrected chi connectivity index (χ2v) is 9.03. The Bertz CT molecular complexity index is 991. The molecule has 2 aromatic rings. The molecule has 1 aromatic carbocycles. The Kier molecular flexibility index (Phi) is 7.19. The molecule has 1 saturated heterocycles. The molecule has 6 nitrogen and oxygen atoms in total. The summed E-state index contributed by atoms with van der Waals surface area (Å²) < 4.78 is 11.3. The molecule has 0 radical (unpaired) electrons. The molecule has 0 saturated carbocycles. The summed E-state index contributed by atoms with van der Waals surface area (Å²) in [5, 5.41) is 3.73. The molecule has 0 atom stereocenters. The third-order valence-corrected chi connectivity index (χ3v) is 5.32. The first-order chi connectivity index (χ1) is 14.7. The van der Waals surface area contributed by atoms with Gasteiger partial charge in [0.1, 0.15) is 16.4 Å². The second-order valence-electron chi connectivity index (χ2n) is 8.25. The number of piperidine rings is 1. The number of hydrogen-bond acceptors (Lipinski definition) is 5. The van der Waals surface area contributed by atoms with Crippen molar-refractivity contribution in [2.45, 2.75) is 45.3 Å². The number of anilines is 1. The number of terminal acetylenes is 1. The lowest BCUT2D eigenvalue weighted by Gasteiger charge is -2.34. The first kappa shape index (κ1) is 23.1. The van der Waals surface area contributed by atoms with Gasteiger partial charge in [0, 0.05) is 37.0 Å². The Hall–Kier alpha value is -2.62. The number of nitrogens with one attached hydrogen (secondary N) is 1. The fourth-order valence-corrected chi connectivity index (χ4v) is 3.71. The van der Waals surface area contributed by atoms with Gasteiger partial charge in [-0.2, -0.15) is 0 Å². The fraction of sp³-hybridized carbons (Fsp3) is 0.391. The van der Waals surface area contributed by atoms with E-state index >= 15 is 0 Å². The van der Waals surface area contributed by atoms with Crippen LogP contribution in [0.1, 0.15) is 39.2 Å². The zero-order valence-corrected chi connectivity index (χ0v) is 19.3. The Balaban J connectivity index is 1.65. The maximum Gasteiger partial charge on any atom is 0.407 e. The van der Waals surface area contributed by atoms with Gasteiger partial charge in [-0.3, -0.25) is 0 Å². The molecule has 31 heavy (non-hydrogen) atoms. The first-order valence-electron chi connectivity index (χ1n) is 9.99. The molecule has 2 heterocycles. The summed E-state index contributed by atoms with van der Waals surface area (Å²) in [6.45, 7) is 6.90. The van der Waals surface area contributed by atoms with Gasteiger partial charge in [0.05, 0.1) is 5.02 Å². The number of benzene rings is 1. The molecule has 1 N–H and O–H groups in total. The molecule has 3 rings (SSSR count). The highest BCUT2D eigenvalue weighted by Gasteiger charge is 2.26. The quantitative estimate of drug-likeness (QED) is 0.595. The van der Waals surface area contributed by atoms with Crippen molar-refractivity contribution in [3.8, 4) is 23.8 Å². The Labute approximate surface area is 192 Å². The standard InChI is InChI=1S/C23H25Cl2N3O3/c1-5-15-6-7-18(17(24)14-15)30-19-8-11-26-21(20(19)25)28-12-9-16(10-13-28)27-22(29)31-23(2,3)4/h1,6-8,11,14,16H,9-10,12-13H2,2-4H3,(H,27,29). The van der Waals surface area contributed by atoms with Gasteiger partial charge in [0.15, 0.2) is 11.6 Å². The van der Waals surface area contributed by atoms with E-state index in [4.69, 9.17) is 39.1 Å². The number of ether oxygens (including phenoxy) is 2. The number of halogens is 2. The smallest absolute Gasteiger partial charge is 0.407 e. The van der Waals surface area contributed by atoms with Crippen LogP contribution in [0.2, 0.25) is 10.0 Å². The van der Waals surface area contributed by atoms with Gasteiger partial charge >= 0.3 is 6.09 Å². The van der Waals surface area contributed by atoms with Gasteiger partial charge < -0.3 is 19.7 Å². The fourth-order valence-electron chi connectivity index (χ4n) is 3.22. The molecule has 0 aliphatic carbocycles. The van der Waals surface area contributed by atoms with Crippen LogP contribution in [0.5, 0.6) is 11.5 Å². The van der Waals surface area contributed by atoms with Crippen LogP contribution >= 0.6 is 23.2 Å². The number of carbonyl (C=O) groups is 1. The Morgan fingerprint density at radius 2 is 1.94 bits per heavy atom. The van der Waals surface area contributed by atoms with E-state index < -0.39 is 11.7 Å². The number of hydrogen-bond donors (Lipinski definition) is 1. The van der Waals surface area contributed by atoms with Crippen LogP contribution in [-0.4, -0.2) is 35.8 Å². The van der Waals surface area contributed by atoms with E-state index in [1.807, 2.05) is 20.8 Å². The van der Waals surface area contributed by atoms with Crippen molar-refractivity contribution in [1.82, 2.24) is 10.3 Å². The van der Waals surface area contributed by atoms with E-state index in [0.717, 1.165) is 12.8 Å². The van der Waals surface area contributed by atoms with E-state index in [2.05, 4.69) is 21.1 Å². The van der Waals surface area contributed by atoms with Crippen LogP contribution in [0.4, 0.5) is 10.6 Å². The van der Waals surface area contributed by atoms with Crippen molar-refractivity contribution in [3.05, 3.63) is 46.1 Å². The normalized spacial score (nSPS) is 14.6. The van der Waals surface area contributed by atoms with Gasteiger partial charge in [0.2, 0.25) is 0 Å². The highest BCUT2D eigenvalue weighted by molar-refractivity contribution is 6.34. The molecule has 1 fully saturated rings. The Morgan fingerprint density at radius 1 is 1.23 bits per heavy atom. The third-order valence-electron chi connectivity index (χ3n) is 4.67. The lowest BCUT2D eigenvalue weighted by atomic mass is 10.1. The molecular weight excluding hydrogens is 437 g/mol. The number of rotatable bonds is 4. The summed E-state index contributed by atoms with van der Waals surface area (Å²) in [6.07, 6.45) is 8.15. The second kappa shape index (κ2) is 9.67. The maximum atomic E-state index is 12.0. The van der Waals surface area contributed by atoms with Crippen molar-refractivity contribution in [2.75, 3.05) is 18.0 Å². The van der Waals surface area contributed by atoms with Crippen LogP contribution in [0.3, 0.4) is 0 Å². The molecule has 0 spiro atoms. The Morgan fingerprint density at radius 3 is 2.55 bits per heavy atom. The van der Waals surface area contributed by atoms with Crippen molar-refractivity contribution >= 4 is 35.1 Å². The van der Waals surface area contributed by atoms with E-state index in [1.54, 1.807) is 30.5 Å². The molecule has 8 heteroatoms. The number of aromatic nitrogens is 1. The minimum atomic E-state index is -0.521. The van der Waals surface area contributed by atoms with Gasteiger partial charge in [0.25, 0.3) is 0 Å². The molecule has 1 amide bonds. The highest BCUT2D eigenvalue weighted by atomic mass is 35.5. The number of alkyl carbamates (subject to hydrolysis) is 1. The van der Waals surface area contributed by atoms with Crippen molar-refractivity contribution in [1.29, 1.82) is 0 Å². The van der Waals surface area contributed by atoms with E-state index in [0.29, 0.717) is 46.0 Å². The van der Waals surface area contributed by atoms with Gasteiger partial charge in [-0.1, -0.05) is 29.1 Å². The maximum absolute atomic E-state index is 12.0. The lowest BCUT2D eigenvalue weighted by Crippen LogP contribution is -2.46. The summed E-state index contributed by atoms with van der Waals surface area (Å²) in [6, 6.07) is 6.85. The largest absolute Gasteiger partial charge is 0.454 e. The predicted octanol–water partition coefficient (Wildman–Crippen LogP) is 5.66. The van der Waals surface area contributed by atoms with Gasteiger partial charge in [-0.05, 0) is 51.8 Å². The summed E-state index contributed by atoms with van der Waals surface area (Å²) in [7, 11) is 0. The minimum absolute atomic E-state index is 0.0396. The van der Waals surface area contributed by atoms with Gasteiger partial charge in [-0.15, -0.1) is 6.42 Å². The molecular formula is C23H25Cl2N3O3. The number of nitrogens with zero attached hydrogens (tertiary/aromatic N) is 2. The minimum Gasteiger partial charge on any atom is -0.454 e. The highest BCUT2D eigenvalue weighted by Crippen LogP contribution is 2.38. The topological polar surface area (TPSA) is 63.7 Å². The monoisotopic (exact) mass is 461 g/mol. The SMILES string of the molecule is C#Cc1ccc(Oc2ccnc(N3CCC(NC(=O)OC(C)(C)C)CC3)c2Cl)c(Cl)c1. The van der Waals surface area contributed by atoms with Crippen molar-refractivity contribution < 1.29 is 14.3 Å². The predicted molar refractivity (Wildman–Crippen MR) is 123 cm³/mol. The van der Waals surface area contributed by atoms with Crippen LogP contribution in [0.25, 0.3) is 0 Å². The number of pyridine rings is 1. The first-order valence-corrected chi connectivity index (χ1v) is 10.7.